The predicted molar refractivity (Wildman–Crippen MR) is 106 cm³/mol. The minimum atomic E-state index is -0.460. The van der Waals surface area contributed by atoms with E-state index in [-0.39, 0.29) is 17.8 Å². The van der Waals surface area contributed by atoms with Gasteiger partial charge in [-0.3, -0.25) is 4.90 Å². The van der Waals surface area contributed by atoms with E-state index in [0.717, 1.165) is 32.7 Å². The van der Waals surface area contributed by atoms with E-state index in [0.29, 0.717) is 18.0 Å². The molecule has 1 aliphatic heterocycles. The Bertz CT molecular complexity index is 781. The quantitative estimate of drug-likeness (QED) is 0.758. The summed E-state index contributed by atoms with van der Waals surface area (Å²) in [6.45, 7) is 5.85. The normalized spacial score (nSPS) is 15.6. The fourth-order valence-electron chi connectivity index (χ4n) is 3.16. The molecule has 6 nitrogen and oxygen atoms in total. The molecule has 0 spiro atoms. The van der Waals surface area contributed by atoms with E-state index in [1.165, 1.54) is 6.07 Å². The Morgan fingerprint density at radius 1 is 1.14 bits per heavy atom. The number of nitrogens with zero attached hydrogens (tertiary/aromatic N) is 1. The topological polar surface area (TPSA) is 62.8 Å². The molecule has 3 rings (SSSR count). The van der Waals surface area contributed by atoms with Crippen molar-refractivity contribution in [3.8, 4) is 11.5 Å². The molecule has 0 bridgehead atoms. The van der Waals surface area contributed by atoms with Crippen molar-refractivity contribution in [3.05, 3.63) is 54.3 Å². The molecule has 2 aromatic rings. The lowest BCUT2D eigenvalue weighted by Gasteiger charge is -2.34. The summed E-state index contributed by atoms with van der Waals surface area (Å²) in [7, 11) is 0. The second kappa shape index (κ2) is 10.1. The van der Waals surface area contributed by atoms with Crippen LogP contribution < -0.4 is 15.4 Å². The number of benzene rings is 2. The number of amides is 2. The summed E-state index contributed by atoms with van der Waals surface area (Å²) in [5.74, 6) is 0.0246. The van der Waals surface area contributed by atoms with E-state index in [9.17, 15) is 9.18 Å². The molecular weight excluding hydrogens is 361 g/mol. The second-order valence-electron chi connectivity index (χ2n) is 6.57. The fraction of sp³-hybridized carbons (Fsp3) is 0.381. The fourth-order valence-corrected chi connectivity index (χ4v) is 3.16. The Morgan fingerprint density at radius 3 is 2.54 bits per heavy atom. The van der Waals surface area contributed by atoms with Gasteiger partial charge in [-0.25, -0.2) is 9.18 Å². The molecule has 7 heteroatoms. The van der Waals surface area contributed by atoms with Crippen LogP contribution in [-0.2, 0) is 4.74 Å². The molecule has 2 aromatic carbocycles. The first-order chi connectivity index (χ1) is 13.7. The number of nitrogens with one attached hydrogen (secondary N) is 2. The first-order valence-corrected chi connectivity index (χ1v) is 9.55. The number of ether oxygens (including phenoxy) is 2. The summed E-state index contributed by atoms with van der Waals surface area (Å²) in [6, 6.07) is 13.1. The van der Waals surface area contributed by atoms with Crippen molar-refractivity contribution >= 4 is 11.7 Å². The van der Waals surface area contributed by atoms with E-state index in [4.69, 9.17) is 9.47 Å². The van der Waals surface area contributed by atoms with Crippen LogP contribution in [0.1, 0.15) is 13.3 Å². The zero-order valence-corrected chi connectivity index (χ0v) is 16.0. The third kappa shape index (κ3) is 5.43. The van der Waals surface area contributed by atoms with E-state index in [2.05, 4.69) is 22.5 Å². The summed E-state index contributed by atoms with van der Waals surface area (Å²) in [5.41, 5.74) is 0.475. The molecule has 0 aromatic heterocycles. The molecule has 1 heterocycles. The van der Waals surface area contributed by atoms with Gasteiger partial charge in [0.1, 0.15) is 0 Å². The van der Waals surface area contributed by atoms with Crippen LogP contribution in [0.2, 0.25) is 0 Å². The van der Waals surface area contributed by atoms with Crippen LogP contribution >= 0.6 is 0 Å². The molecule has 2 amide bonds. The van der Waals surface area contributed by atoms with Crippen molar-refractivity contribution < 1.29 is 18.7 Å². The molecule has 2 N–H and O–H groups in total. The largest absolute Gasteiger partial charge is 0.452 e. The number of halogens is 1. The van der Waals surface area contributed by atoms with E-state index >= 15 is 0 Å². The van der Waals surface area contributed by atoms with Gasteiger partial charge >= 0.3 is 6.03 Å². The second-order valence-corrected chi connectivity index (χ2v) is 6.57. The minimum Gasteiger partial charge on any atom is -0.452 e. The number of urea groups is 1. The SMILES string of the molecule is CC[C@H](CNC(=O)Nc1ccccc1Oc1ccccc1F)N1CCOCC1. The lowest BCUT2D eigenvalue weighted by Crippen LogP contribution is -2.49. The highest BCUT2D eigenvalue weighted by molar-refractivity contribution is 5.91. The van der Waals surface area contributed by atoms with Gasteiger partial charge in [0.25, 0.3) is 0 Å². The summed E-state index contributed by atoms with van der Waals surface area (Å²) in [5, 5.41) is 5.71. The first-order valence-electron chi connectivity index (χ1n) is 9.55. The van der Waals surface area contributed by atoms with Gasteiger partial charge in [-0.15, -0.1) is 0 Å². The third-order valence-electron chi connectivity index (χ3n) is 4.72. The number of rotatable bonds is 7. The highest BCUT2D eigenvalue weighted by Crippen LogP contribution is 2.30. The van der Waals surface area contributed by atoms with Crippen molar-refractivity contribution in [2.45, 2.75) is 19.4 Å². The zero-order valence-electron chi connectivity index (χ0n) is 16.0. The standard InChI is InChI=1S/C21H26FN3O3/c1-2-16(25-11-13-27-14-12-25)15-23-21(26)24-18-8-4-6-10-20(18)28-19-9-5-3-7-17(19)22/h3-10,16H,2,11-15H2,1H3,(H2,23,24,26)/t16-/m1/s1. The van der Waals surface area contributed by atoms with Gasteiger partial charge < -0.3 is 20.1 Å². The zero-order chi connectivity index (χ0) is 19.8. The van der Waals surface area contributed by atoms with Gasteiger partial charge in [0, 0.05) is 25.7 Å². The summed E-state index contributed by atoms with van der Waals surface area (Å²) >= 11 is 0. The van der Waals surface area contributed by atoms with Crippen molar-refractivity contribution in [3.63, 3.8) is 0 Å². The highest BCUT2D eigenvalue weighted by atomic mass is 19.1. The smallest absolute Gasteiger partial charge is 0.319 e. The first kappa shape index (κ1) is 20.1. The van der Waals surface area contributed by atoms with Gasteiger partial charge in [-0.05, 0) is 30.7 Å². The predicted octanol–water partition coefficient (Wildman–Crippen LogP) is 3.85. The highest BCUT2D eigenvalue weighted by Gasteiger charge is 2.20. The molecule has 1 aliphatic rings. The number of hydrogen-bond acceptors (Lipinski definition) is 4. The Kier molecular flexibility index (Phi) is 7.22. The molecule has 150 valence electrons. The van der Waals surface area contributed by atoms with Gasteiger partial charge in [0.2, 0.25) is 0 Å². The molecule has 1 saturated heterocycles. The van der Waals surface area contributed by atoms with E-state index in [1.807, 2.05) is 0 Å². The number of carbonyl (C=O) groups is 1. The lowest BCUT2D eigenvalue weighted by atomic mass is 10.2. The van der Waals surface area contributed by atoms with E-state index < -0.39 is 5.82 Å². The van der Waals surface area contributed by atoms with Gasteiger partial charge in [-0.1, -0.05) is 31.2 Å². The molecule has 1 fully saturated rings. The number of carbonyl (C=O) groups excluding carboxylic acids is 1. The molecule has 0 saturated carbocycles. The number of morpholine rings is 1. The van der Waals surface area contributed by atoms with E-state index in [1.54, 1.807) is 42.5 Å². The number of anilines is 1. The van der Waals surface area contributed by atoms with Crippen molar-refractivity contribution in [2.24, 2.45) is 0 Å². The van der Waals surface area contributed by atoms with Crippen LogP contribution in [0.5, 0.6) is 11.5 Å². The molecule has 1 atom stereocenters. The molecule has 0 unspecified atom stereocenters. The average Bonchev–Trinajstić information content (AvgIpc) is 2.72. The molecular formula is C21H26FN3O3. The molecule has 0 radical (unpaired) electrons. The van der Waals surface area contributed by atoms with Crippen molar-refractivity contribution in [2.75, 3.05) is 38.2 Å². The summed E-state index contributed by atoms with van der Waals surface area (Å²) < 4.78 is 24.9. The Labute approximate surface area is 164 Å². The maximum absolute atomic E-state index is 13.9. The Morgan fingerprint density at radius 2 is 1.82 bits per heavy atom. The van der Waals surface area contributed by atoms with Crippen LogP contribution in [-0.4, -0.2) is 49.8 Å². The maximum atomic E-state index is 13.9. The van der Waals surface area contributed by atoms with Crippen LogP contribution in [0.3, 0.4) is 0 Å². The van der Waals surface area contributed by atoms with Crippen LogP contribution in [0.15, 0.2) is 48.5 Å². The number of para-hydroxylation sites is 3. The average molecular weight is 387 g/mol. The Balaban J connectivity index is 1.58. The summed E-state index contributed by atoms with van der Waals surface area (Å²) in [6.07, 6.45) is 0.938. The van der Waals surface area contributed by atoms with Gasteiger partial charge in [0.15, 0.2) is 17.3 Å². The van der Waals surface area contributed by atoms with Crippen LogP contribution in [0.4, 0.5) is 14.9 Å². The lowest BCUT2D eigenvalue weighted by molar-refractivity contribution is 0.0165. The monoisotopic (exact) mass is 387 g/mol. The molecule has 0 aliphatic carbocycles. The summed E-state index contributed by atoms with van der Waals surface area (Å²) in [4.78, 5) is 14.7. The maximum Gasteiger partial charge on any atom is 0.319 e. The number of hydrogen-bond donors (Lipinski definition) is 2. The minimum absolute atomic E-state index is 0.107. The van der Waals surface area contributed by atoms with Crippen LogP contribution in [0, 0.1) is 5.82 Å². The van der Waals surface area contributed by atoms with Crippen LogP contribution in [0.25, 0.3) is 0 Å². The van der Waals surface area contributed by atoms with Gasteiger partial charge in [0.05, 0.1) is 18.9 Å². The van der Waals surface area contributed by atoms with Crippen molar-refractivity contribution in [1.82, 2.24) is 10.2 Å². The van der Waals surface area contributed by atoms with Gasteiger partial charge in [-0.2, -0.15) is 0 Å². The molecule has 28 heavy (non-hydrogen) atoms. The Hall–Kier alpha value is -2.64. The van der Waals surface area contributed by atoms with Crippen molar-refractivity contribution in [1.29, 1.82) is 0 Å². The third-order valence-corrected chi connectivity index (χ3v) is 4.72.